The van der Waals surface area contributed by atoms with Crippen molar-refractivity contribution in [2.45, 2.75) is 160 Å². The molecule has 2 N–H and O–H groups in total. The van der Waals surface area contributed by atoms with E-state index in [2.05, 4.69) is 7.05 Å². The summed E-state index contributed by atoms with van der Waals surface area (Å²) in [6.07, 6.45) is 20.5. The second-order valence-electron chi connectivity index (χ2n) is 16.0. The van der Waals surface area contributed by atoms with Crippen LogP contribution in [-0.2, 0) is 19.0 Å². The fourth-order valence-corrected chi connectivity index (χ4v) is 8.11. The minimum atomic E-state index is -1.08. The molecule has 2 saturated heterocycles. The van der Waals surface area contributed by atoms with Gasteiger partial charge in [-0.15, -0.1) is 0 Å². The van der Waals surface area contributed by atoms with Crippen LogP contribution in [0, 0.1) is 11.8 Å². The Hall–Kier alpha value is -2.20. The van der Waals surface area contributed by atoms with Crippen LogP contribution in [0.1, 0.15) is 118 Å². The molecule has 0 unspecified atom stereocenters. The van der Waals surface area contributed by atoms with Gasteiger partial charge >= 0.3 is 12.1 Å². The molecule has 278 valence electrons. The van der Waals surface area contributed by atoms with Gasteiger partial charge < -0.3 is 28.9 Å². The minimum Gasteiger partial charge on any atom is -0.457 e. The molecule has 49 heavy (non-hydrogen) atoms. The second-order valence-corrected chi connectivity index (χ2v) is 16.0. The molecule has 0 aromatic heterocycles. The van der Waals surface area contributed by atoms with Gasteiger partial charge in [-0.3, -0.25) is 9.69 Å². The smallest absolute Gasteiger partial charge is 0.410 e. The summed E-state index contributed by atoms with van der Waals surface area (Å²) in [4.78, 5) is 28.1. The summed E-state index contributed by atoms with van der Waals surface area (Å²) in [7, 11) is 2.38. The van der Waals surface area contributed by atoms with E-state index in [1.165, 1.54) is 38.5 Å². The first kappa shape index (κ1) is 39.6. The molecule has 0 spiro atoms. The van der Waals surface area contributed by atoms with E-state index < -0.39 is 17.8 Å². The number of carbonyl (C=O) groups excluding carboxylic acids is 2. The van der Waals surface area contributed by atoms with Gasteiger partial charge in [0.05, 0.1) is 63.2 Å². The molecular formula is C40H67N2O7+. The molecule has 4 aliphatic rings. The number of aliphatic hydroxyl groups is 2. The summed E-state index contributed by atoms with van der Waals surface area (Å²) in [6, 6.07) is 0.708. The molecule has 0 aromatic rings. The second kappa shape index (κ2) is 18.3. The number of hydrogen-bond donors (Lipinski definition) is 2. The predicted molar refractivity (Wildman–Crippen MR) is 193 cm³/mol. The number of likely N-dealkylation sites (N-methyl/N-ethyl adjacent to an activating group) is 1. The number of allylic oxidation sites excluding steroid dienone is 2. The van der Waals surface area contributed by atoms with Gasteiger partial charge in [0.15, 0.2) is 0 Å². The molecule has 8 atom stereocenters. The Morgan fingerprint density at radius 2 is 1.76 bits per heavy atom. The maximum atomic E-state index is 13.4. The lowest BCUT2D eigenvalue weighted by Gasteiger charge is -2.46. The highest BCUT2D eigenvalue weighted by atomic mass is 16.6. The predicted octanol–water partition coefficient (Wildman–Crippen LogP) is 6.86. The molecule has 4 rings (SSSR count). The lowest BCUT2D eigenvalue weighted by molar-refractivity contribution is -0.937. The van der Waals surface area contributed by atoms with Crippen molar-refractivity contribution in [1.82, 2.24) is 4.90 Å². The quantitative estimate of drug-likeness (QED) is 0.0645. The standard InChI is InChI=1S/C40H67N2O7/c1-7-34(43)31(4)38-35(48-38)28-40(5,46)23-15-16-29(2)37-30(3)21-22-33(19-13-10-14-20-36(44)49-37)47-39(45)41-24-26-42(6,27-25-41)32-17-11-8-9-12-18-32/h15-16,21-23,30-35,37-38,43,46H,7-14,17-20,24-28H2,1-6H3/q+1/b22-21+,23-15+,29-16+/t30-,31+,33+,34-,35+,37+,38+,40-/m0/s1. The topological polar surface area (TPSA) is 109 Å². The first-order valence-electron chi connectivity index (χ1n) is 19.4. The van der Waals surface area contributed by atoms with Crippen molar-refractivity contribution < 1.29 is 38.5 Å². The van der Waals surface area contributed by atoms with Crippen LogP contribution in [0.15, 0.2) is 36.0 Å². The van der Waals surface area contributed by atoms with E-state index in [0.717, 1.165) is 61.9 Å². The van der Waals surface area contributed by atoms with E-state index in [0.29, 0.717) is 25.3 Å². The molecule has 0 bridgehead atoms. The number of esters is 1. The van der Waals surface area contributed by atoms with Gasteiger partial charge in [0, 0.05) is 24.7 Å². The van der Waals surface area contributed by atoms with Gasteiger partial charge in [-0.1, -0.05) is 64.3 Å². The van der Waals surface area contributed by atoms with Crippen LogP contribution in [0.5, 0.6) is 0 Å². The van der Waals surface area contributed by atoms with Gasteiger partial charge in [0.1, 0.15) is 12.2 Å². The zero-order chi connectivity index (χ0) is 35.6. The molecular weight excluding hydrogens is 620 g/mol. The Labute approximate surface area is 296 Å². The molecule has 9 nitrogen and oxygen atoms in total. The SMILES string of the molecule is CC[C@H](O)[C@@H](C)[C@H]1O[C@@H]1C[C@@](C)(O)/C=C/C=C(\C)[C@H]1OC(=O)CCCCC[C@@H](OC(=O)N2CC[N+](C)(C3CCCCCC3)CC2)/C=C/[C@@H]1C. The lowest BCUT2D eigenvalue weighted by atomic mass is 9.91. The highest BCUT2D eigenvalue weighted by Crippen LogP contribution is 2.37. The maximum Gasteiger partial charge on any atom is 0.410 e. The van der Waals surface area contributed by atoms with Crippen LogP contribution in [0.4, 0.5) is 4.79 Å². The average Bonchev–Trinajstić information content (AvgIpc) is 3.87. The zero-order valence-electron chi connectivity index (χ0n) is 31.4. The maximum absolute atomic E-state index is 13.4. The molecule has 0 radical (unpaired) electrons. The highest BCUT2D eigenvalue weighted by molar-refractivity contribution is 5.70. The van der Waals surface area contributed by atoms with Crippen molar-refractivity contribution >= 4 is 12.1 Å². The molecule has 1 saturated carbocycles. The Balaban J connectivity index is 1.34. The van der Waals surface area contributed by atoms with Crippen molar-refractivity contribution in [1.29, 1.82) is 0 Å². The van der Waals surface area contributed by atoms with E-state index in [9.17, 15) is 19.8 Å². The molecule has 3 heterocycles. The number of nitrogens with zero attached hydrogens (tertiary/aromatic N) is 2. The van der Waals surface area contributed by atoms with E-state index in [-0.39, 0.29) is 42.2 Å². The van der Waals surface area contributed by atoms with E-state index in [1.807, 2.05) is 56.9 Å². The third-order valence-corrected chi connectivity index (χ3v) is 11.8. The fourth-order valence-electron chi connectivity index (χ4n) is 8.11. The number of amides is 1. The summed E-state index contributed by atoms with van der Waals surface area (Å²) < 4.78 is 19.0. The number of cyclic esters (lactones) is 1. The molecule has 1 amide bonds. The highest BCUT2D eigenvalue weighted by Gasteiger charge is 2.47. The number of piperazine rings is 1. The van der Waals surface area contributed by atoms with Gasteiger partial charge in [-0.2, -0.15) is 0 Å². The largest absolute Gasteiger partial charge is 0.457 e. The van der Waals surface area contributed by atoms with E-state index in [1.54, 1.807) is 13.0 Å². The summed E-state index contributed by atoms with van der Waals surface area (Å²) in [5.74, 6) is -0.326. The Morgan fingerprint density at radius 3 is 2.43 bits per heavy atom. The van der Waals surface area contributed by atoms with E-state index >= 15 is 0 Å². The van der Waals surface area contributed by atoms with Crippen LogP contribution in [0.3, 0.4) is 0 Å². The Kier molecular flexibility index (Phi) is 14.8. The zero-order valence-corrected chi connectivity index (χ0v) is 31.4. The van der Waals surface area contributed by atoms with Gasteiger partial charge in [-0.05, 0) is 76.9 Å². The van der Waals surface area contributed by atoms with Crippen molar-refractivity contribution in [3.8, 4) is 0 Å². The summed E-state index contributed by atoms with van der Waals surface area (Å²) in [5.41, 5.74) is -0.216. The van der Waals surface area contributed by atoms with Crippen LogP contribution in [-0.4, -0.2) is 107 Å². The minimum absolute atomic E-state index is 0.0291. The Morgan fingerprint density at radius 1 is 1.10 bits per heavy atom. The molecule has 3 aliphatic heterocycles. The third-order valence-electron chi connectivity index (χ3n) is 11.8. The molecule has 1 aliphatic carbocycles. The average molecular weight is 688 g/mol. The summed E-state index contributed by atoms with van der Waals surface area (Å²) in [6.45, 7) is 13.1. The molecule has 3 fully saturated rings. The molecule has 9 heteroatoms. The van der Waals surface area contributed by atoms with Gasteiger partial charge in [0.2, 0.25) is 0 Å². The van der Waals surface area contributed by atoms with Crippen molar-refractivity contribution in [2.75, 3.05) is 33.2 Å². The number of ether oxygens (including phenoxy) is 3. The van der Waals surface area contributed by atoms with Crippen molar-refractivity contribution in [3.05, 3.63) is 36.0 Å². The lowest BCUT2D eigenvalue weighted by Crippen LogP contribution is -2.62. The van der Waals surface area contributed by atoms with E-state index in [4.69, 9.17) is 14.2 Å². The van der Waals surface area contributed by atoms with Crippen molar-refractivity contribution in [2.24, 2.45) is 11.8 Å². The van der Waals surface area contributed by atoms with Gasteiger partial charge in [-0.25, -0.2) is 4.79 Å². The van der Waals surface area contributed by atoms with Crippen LogP contribution >= 0.6 is 0 Å². The number of quaternary nitrogens is 1. The third kappa shape index (κ3) is 11.9. The summed E-state index contributed by atoms with van der Waals surface area (Å²) in [5, 5.41) is 21.2. The molecule has 0 aromatic carbocycles. The fraction of sp³-hybridized carbons (Fsp3) is 0.800. The number of epoxide rings is 1. The van der Waals surface area contributed by atoms with Crippen LogP contribution in [0.25, 0.3) is 0 Å². The monoisotopic (exact) mass is 687 g/mol. The van der Waals surface area contributed by atoms with Crippen LogP contribution < -0.4 is 0 Å². The first-order valence-corrected chi connectivity index (χ1v) is 19.4. The van der Waals surface area contributed by atoms with Crippen LogP contribution in [0.2, 0.25) is 0 Å². The van der Waals surface area contributed by atoms with Crippen molar-refractivity contribution in [3.63, 3.8) is 0 Å². The summed E-state index contributed by atoms with van der Waals surface area (Å²) >= 11 is 0. The van der Waals surface area contributed by atoms with Gasteiger partial charge in [0.25, 0.3) is 0 Å². The Bertz CT molecular complexity index is 1150. The number of rotatable bonds is 10. The normalized spacial score (nSPS) is 32.5. The first-order chi connectivity index (χ1) is 23.3. The number of carbonyl (C=O) groups is 2. The number of aliphatic hydroxyl groups excluding tert-OH is 1. The number of hydrogen-bond acceptors (Lipinski definition) is 7.